The third-order valence-electron chi connectivity index (χ3n) is 3.73. The molecule has 0 fully saturated rings. The number of sulfonamides is 1. The second-order valence-electron chi connectivity index (χ2n) is 5.52. The lowest BCUT2D eigenvalue weighted by molar-refractivity contribution is 0.171. The van der Waals surface area contributed by atoms with Gasteiger partial charge in [0.2, 0.25) is 10.0 Å². The highest BCUT2D eigenvalue weighted by Crippen LogP contribution is 2.32. The molecule has 2 aromatic heterocycles. The SMILES string of the molecule is O=S(=O)(NCc1csc(-c2cccnc2)n1)c1ccc2c(c1)OCCO2. The summed E-state index contributed by atoms with van der Waals surface area (Å²) in [4.78, 5) is 8.65. The standard InChI is InChI=1S/C17H15N3O4S2/c21-26(22,14-3-4-15-16(8-14)24-7-6-23-15)19-10-13-11-25-17(20-13)12-2-1-5-18-9-12/h1-5,8-9,11,19H,6-7,10H2. The maximum absolute atomic E-state index is 12.5. The van der Waals surface area contributed by atoms with E-state index in [1.165, 1.54) is 23.5 Å². The minimum Gasteiger partial charge on any atom is -0.486 e. The van der Waals surface area contributed by atoms with Crippen LogP contribution >= 0.6 is 11.3 Å². The van der Waals surface area contributed by atoms with Gasteiger partial charge >= 0.3 is 0 Å². The normalized spacial score (nSPS) is 13.5. The smallest absolute Gasteiger partial charge is 0.241 e. The number of hydrogen-bond donors (Lipinski definition) is 1. The molecule has 3 aromatic rings. The lowest BCUT2D eigenvalue weighted by Crippen LogP contribution is -2.24. The third-order valence-corrected chi connectivity index (χ3v) is 6.07. The van der Waals surface area contributed by atoms with E-state index >= 15 is 0 Å². The lowest BCUT2D eigenvalue weighted by atomic mass is 10.3. The summed E-state index contributed by atoms with van der Waals surface area (Å²) >= 11 is 1.45. The number of benzene rings is 1. The molecule has 0 bridgehead atoms. The number of fused-ring (bicyclic) bond motifs is 1. The van der Waals surface area contributed by atoms with E-state index in [2.05, 4.69) is 14.7 Å². The van der Waals surface area contributed by atoms with Crippen molar-refractivity contribution in [1.29, 1.82) is 0 Å². The van der Waals surface area contributed by atoms with E-state index < -0.39 is 10.0 Å². The van der Waals surface area contributed by atoms with Crippen LogP contribution in [0.5, 0.6) is 11.5 Å². The number of ether oxygens (including phenoxy) is 2. The number of hydrogen-bond acceptors (Lipinski definition) is 7. The fraction of sp³-hybridized carbons (Fsp3) is 0.176. The Morgan fingerprint density at radius 1 is 1.15 bits per heavy atom. The number of nitrogens with one attached hydrogen (secondary N) is 1. The van der Waals surface area contributed by atoms with Crippen LogP contribution in [0, 0.1) is 0 Å². The molecular formula is C17H15N3O4S2. The van der Waals surface area contributed by atoms with E-state index in [9.17, 15) is 8.42 Å². The van der Waals surface area contributed by atoms with Crippen molar-refractivity contribution in [1.82, 2.24) is 14.7 Å². The minimum absolute atomic E-state index is 0.105. The van der Waals surface area contributed by atoms with Gasteiger partial charge in [-0.05, 0) is 24.3 Å². The van der Waals surface area contributed by atoms with Gasteiger partial charge in [0.25, 0.3) is 0 Å². The molecule has 1 aromatic carbocycles. The van der Waals surface area contributed by atoms with Gasteiger partial charge in [-0.3, -0.25) is 4.98 Å². The number of aromatic nitrogens is 2. The van der Waals surface area contributed by atoms with E-state index in [0.717, 1.165) is 10.6 Å². The average Bonchev–Trinajstić information content (AvgIpc) is 3.16. The molecule has 7 nitrogen and oxygen atoms in total. The lowest BCUT2D eigenvalue weighted by Gasteiger charge is -2.18. The summed E-state index contributed by atoms with van der Waals surface area (Å²) in [5.74, 6) is 0.988. The summed E-state index contributed by atoms with van der Waals surface area (Å²) in [7, 11) is -3.68. The van der Waals surface area contributed by atoms with Gasteiger partial charge in [-0.1, -0.05) is 0 Å². The summed E-state index contributed by atoms with van der Waals surface area (Å²) in [6, 6.07) is 8.32. The molecule has 0 unspecified atom stereocenters. The molecule has 1 aliphatic rings. The zero-order valence-electron chi connectivity index (χ0n) is 13.6. The largest absolute Gasteiger partial charge is 0.486 e. The van der Waals surface area contributed by atoms with Crippen molar-refractivity contribution in [2.45, 2.75) is 11.4 Å². The summed E-state index contributed by atoms with van der Waals surface area (Å²) in [6.45, 7) is 0.966. The van der Waals surface area contributed by atoms with Gasteiger partial charge in [0.15, 0.2) is 11.5 Å². The number of pyridine rings is 1. The Kier molecular flexibility index (Phi) is 4.58. The van der Waals surface area contributed by atoms with Crippen molar-refractivity contribution in [3.63, 3.8) is 0 Å². The van der Waals surface area contributed by atoms with Crippen LogP contribution in [0.2, 0.25) is 0 Å². The molecular weight excluding hydrogens is 374 g/mol. The highest BCUT2D eigenvalue weighted by Gasteiger charge is 2.19. The maximum atomic E-state index is 12.5. The fourth-order valence-corrected chi connectivity index (χ4v) is 4.28. The van der Waals surface area contributed by atoms with Crippen molar-refractivity contribution < 1.29 is 17.9 Å². The van der Waals surface area contributed by atoms with Gasteiger partial charge in [0, 0.05) is 29.4 Å². The van der Waals surface area contributed by atoms with Crippen LogP contribution in [0.25, 0.3) is 10.6 Å². The topological polar surface area (TPSA) is 90.4 Å². The number of thiazole rings is 1. The van der Waals surface area contributed by atoms with Crippen LogP contribution in [0.3, 0.4) is 0 Å². The van der Waals surface area contributed by atoms with Gasteiger partial charge in [0.05, 0.1) is 17.1 Å². The van der Waals surface area contributed by atoms with Crippen molar-refractivity contribution in [3.05, 3.63) is 53.8 Å². The molecule has 3 heterocycles. The van der Waals surface area contributed by atoms with Crippen molar-refractivity contribution in [3.8, 4) is 22.1 Å². The molecule has 9 heteroatoms. The molecule has 4 rings (SSSR count). The number of nitrogens with zero attached hydrogens (tertiary/aromatic N) is 2. The van der Waals surface area contributed by atoms with Crippen LogP contribution in [0.4, 0.5) is 0 Å². The Labute approximate surface area is 154 Å². The quantitative estimate of drug-likeness (QED) is 0.721. The van der Waals surface area contributed by atoms with Gasteiger partial charge in [-0.15, -0.1) is 11.3 Å². The summed E-state index contributed by atoms with van der Waals surface area (Å²) in [6.07, 6.45) is 3.42. The predicted octanol–water partition coefficient (Wildman–Crippen LogP) is 2.45. The minimum atomic E-state index is -3.68. The van der Waals surface area contributed by atoms with Crippen molar-refractivity contribution in [2.24, 2.45) is 0 Å². The van der Waals surface area contributed by atoms with Crippen LogP contribution in [0.1, 0.15) is 5.69 Å². The van der Waals surface area contributed by atoms with Crippen LogP contribution in [0.15, 0.2) is 53.0 Å². The van der Waals surface area contributed by atoms with Gasteiger partial charge < -0.3 is 9.47 Å². The Bertz CT molecular complexity index is 1020. The Hall–Kier alpha value is -2.49. The molecule has 0 atom stereocenters. The first kappa shape index (κ1) is 17.0. The van der Waals surface area contributed by atoms with E-state index in [1.54, 1.807) is 18.5 Å². The molecule has 1 N–H and O–H groups in total. The Morgan fingerprint density at radius 2 is 2.00 bits per heavy atom. The molecule has 0 aliphatic carbocycles. The first-order valence-corrected chi connectivity index (χ1v) is 10.2. The third kappa shape index (κ3) is 3.55. The number of rotatable bonds is 5. The summed E-state index contributed by atoms with van der Waals surface area (Å²) in [5.41, 5.74) is 1.55. The van der Waals surface area contributed by atoms with Crippen LogP contribution in [-0.2, 0) is 16.6 Å². The fourth-order valence-electron chi connectivity index (χ4n) is 2.45. The molecule has 134 valence electrons. The Balaban J connectivity index is 1.48. The molecule has 0 radical (unpaired) electrons. The highest BCUT2D eigenvalue weighted by molar-refractivity contribution is 7.89. The van der Waals surface area contributed by atoms with Crippen LogP contribution in [-0.4, -0.2) is 31.6 Å². The molecule has 0 saturated heterocycles. The van der Waals surface area contributed by atoms with E-state index in [0.29, 0.717) is 30.4 Å². The van der Waals surface area contributed by atoms with Gasteiger partial charge in [-0.25, -0.2) is 18.1 Å². The zero-order valence-corrected chi connectivity index (χ0v) is 15.2. The first-order chi connectivity index (χ1) is 12.6. The highest BCUT2D eigenvalue weighted by atomic mass is 32.2. The summed E-state index contributed by atoms with van der Waals surface area (Å²) < 4.78 is 38.5. The molecule has 0 amide bonds. The molecule has 0 saturated carbocycles. The predicted molar refractivity (Wildman–Crippen MR) is 96.8 cm³/mol. The molecule has 26 heavy (non-hydrogen) atoms. The second kappa shape index (κ2) is 7.02. The monoisotopic (exact) mass is 389 g/mol. The van der Waals surface area contributed by atoms with Crippen LogP contribution < -0.4 is 14.2 Å². The van der Waals surface area contributed by atoms with E-state index in [1.807, 2.05) is 17.5 Å². The summed E-state index contributed by atoms with van der Waals surface area (Å²) in [5, 5.41) is 2.63. The van der Waals surface area contributed by atoms with E-state index in [4.69, 9.17) is 9.47 Å². The molecule has 0 spiro atoms. The second-order valence-corrected chi connectivity index (χ2v) is 8.14. The maximum Gasteiger partial charge on any atom is 0.241 e. The van der Waals surface area contributed by atoms with Crippen molar-refractivity contribution >= 4 is 21.4 Å². The van der Waals surface area contributed by atoms with Gasteiger partial charge in [-0.2, -0.15) is 0 Å². The zero-order chi connectivity index (χ0) is 18.0. The van der Waals surface area contributed by atoms with Crippen molar-refractivity contribution in [2.75, 3.05) is 13.2 Å². The van der Waals surface area contributed by atoms with E-state index in [-0.39, 0.29) is 11.4 Å². The average molecular weight is 389 g/mol. The van der Waals surface area contributed by atoms with Gasteiger partial charge in [0.1, 0.15) is 18.2 Å². The Morgan fingerprint density at radius 3 is 2.81 bits per heavy atom. The molecule has 1 aliphatic heterocycles. The first-order valence-electron chi connectivity index (χ1n) is 7.86.